The maximum absolute atomic E-state index is 5.76. The van der Waals surface area contributed by atoms with E-state index in [-0.39, 0.29) is 6.04 Å². The maximum Gasteiger partial charge on any atom is 0.122 e. The lowest BCUT2D eigenvalue weighted by Crippen LogP contribution is -2.38. The third kappa shape index (κ3) is 3.40. The van der Waals surface area contributed by atoms with Gasteiger partial charge in [0.05, 0.1) is 6.61 Å². The van der Waals surface area contributed by atoms with Gasteiger partial charge in [0.2, 0.25) is 0 Å². The number of nitrogens with two attached hydrogens (primary N) is 1. The van der Waals surface area contributed by atoms with Gasteiger partial charge in [-0.2, -0.15) is 0 Å². The minimum absolute atomic E-state index is 0.241. The van der Waals surface area contributed by atoms with Crippen molar-refractivity contribution in [3.05, 3.63) is 59.9 Å². The van der Waals surface area contributed by atoms with E-state index in [2.05, 4.69) is 28.6 Å². The van der Waals surface area contributed by atoms with Gasteiger partial charge in [-0.1, -0.05) is 24.3 Å². The molecule has 110 valence electrons. The van der Waals surface area contributed by atoms with E-state index in [0.717, 1.165) is 31.6 Å². The molecule has 2 atom stereocenters. The molecule has 0 bridgehead atoms. The van der Waals surface area contributed by atoms with Crippen molar-refractivity contribution in [3.8, 4) is 5.75 Å². The van der Waals surface area contributed by atoms with Crippen molar-refractivity contribution in [1.29, 1.82) is 0 Å². The Morgan fingerprint density at radius 1 is 1.29 bits per heavy atom. The molecule has 2 unspecified atom stereocenters. The number of nitrogens with zero attached hydrogens (tertiary/aromatic N) is 1. The summed E-state index contributed by atoms with van der Waals surface area (Å²) in [5, 5.41) is 0. The summed E-state index contributed by atoms with van der Waals surface area (Å²) in [7, 11) is 0. The lowest BCUT2D eigenvalue weighted by atomic mass is 9.86. The number of ether oxygens (including phenoxy) is 1. The fraction of sp³-hybridized carbons (Fsp3) is 0.353. The summed E-state index contributed by atoms with van der Waals surface area (Å²) in [5.74, 6) is 7.27. The summed E-state index contributed by atoms with van der Waals surface area (Å²) in [5.41, 5.74) is 5.47. The van der Waals surface area contributed by atoms with E-state index >= 15 is 0 Å². The van der Waals surface area contributed by atoms with Gasteiger partial charge in [0, 0.05) is 18.4 Å². The van der Waals surface area contributed by atoms with Gasteiger partial charge >= 0.3 is 0 Å². The molecule has 3 N–H and O–H groups in total. The zero-order chi connectivity index (χ0) is 14.5. The van der Waals surface area contributed by atoms with Crippen LogP contribution >= 0.6 is 0 Å². The monoisotopic (exact) mass is 283 g/mol. The number of benzene rings is 1. The van der Waals surface area contributed by atoms with E-state index in [0.29, 0.717) is 5.92 Å². The summed E-state index contributed by atoms with van der Waals surface area (Å²) >= 11 is 0. The topological polar surface area (TPSA) is 60.2 Å². The molecule has 0 radical (unpaired) electrons. The molecular formula is C17H21N3O. The second-order valence-electron chi connectivity index (χ2n) is 5.54. The SMILES string of the molecule is NNC(Cc1cccnc1)CC1CCOc2ccccc21. The van der Waals surface area contributed by atoms with E-state index in [1.165, 1.54) is 11.1 Å². The standard InChI is InChI=1S/C17H21N3O/c18-20-15(10-13-4-3-8-19-12-13)11-14-7-9-21-17-6-2-1-5-16(14)17/h1-6,8,12,14-15,20H,7,9-11,18H2. The van der Waals surface area contributed by atoms with Gasteiger partial charge in [0.15, 0.2) is 0 Å². The Morgan fingerprint density at radius 3 is 3.00 bits per heavy atom. The van der Waals surface area contributed by atoms with E-state index in [1.54, 1.807) is 6.20 Å². The van der Waals surface area contributed by atoms with Crippen molar-refractivity contribution in [2.45, 2.75) is 31.2 Å². The predicted octanol–water partition coefficient (Wildman–Crippen LogP) is 2.41. The number of hydrogen-bond acceptors (Lipinski definition) is 4. The van der Waals surface area contributed by atoms with Crippen molar-refractivity contribution in [2.75, 3.05) is 6.61 Å². The van der Waals surface area contributed by atoms with Gasteiger partial charge in [-0.05, 0) is 48.4 Å². The molecule has 0 amide bonds. The van der Waals surface area contributed by atoms with E-state index < -0.39 is 0 Å². The highest BCUT2D eigenvalue weighted by molar-refractivity contribution is 5.37. The first kappa shape index (κ1) is 14.0. The number of rotatable bonds is 5. The molecule has 0 fully saturated rings. The van der Waals surface area contributed by atoms with Crippen LogP contribution in [0.3, 0.4) is 0 Å². The summed E-state index contributed by atoms with van der Waals surface area (Å²) in [6, 6.07) is 12.6. The second-order valence-corrected chi connectivity index (χ2v) is 5.54. The summed E-state index contributed by atoms with van der Waals surface area (Å²) < 4.78 is 5.73. The van der Waals surface area contributed by atoms with Crippen LogP contribution < -0.4 is 16.0 Å². The Kier molecular flexibility index (Phi) is 4.48. The molecule has 2 aromatic rings. The number of fused-ring (bicyclic) bond motifs is 1. The molecule has 1 aliphatic heterocycles. The first-order valence-corrected chi connectivity index (χ1v) is 7.43. The fourth-order valence-corrected chi connectivity index (χ4v) is 3.02. The van der Waals surface area contributed by atoms with Crippen LogP contribution in [0.4, 0.5) is 0 Å². The molecule has 0 spiro atoms. The molecule has 1 aliphatic rings. The molecule has 1 aromatic heterocycles. The van der Waals surface area contributed by atoms with E-state index in [9.17, 15) is 0 Å². The Morgan fingerprint density at radius 2 is 2.19 bits per heavy atom. The zero-order valence-corrected chi connectivity index (χ0v) is 12.0. The summed E-state index contributed by atoms with van der Waals surface area (Å²) in [4.78, 5) is 4.17. The van der Waals surface area contributed by atoms with Crippen molar-refractivity contribution in [3.63, 3.8) is 0 Å². The van der Waals surface area contributed by atoms with Gasteiger partial charge in [0.25, 0.3) is 0 Å². The minimum atomic E-state index is 0.241. The smallest absolute Gasteiger partial charge is 0.122 e. The van der Waals surface area contributed by atoms with Crippen LogP contribution in [-0.4, -0.2) is 17.6 Å². The van der Waals surface area contributed by atoms with Crippen molar-refractivity contribution in [1.82, 2.24) is 10.4 Å². The maximum atomic E-state index is 5.76. The molecule has 3 rings (SSSR count). The van der Waals surface area contributed by atoms with Crippen LogP contribution in [0.25, 0.3) is 0 Å². The van der Waals surface area contributed by atoms with Gasteiger partial charge in [0.1, 0.15) is 5.75 Å². The number of nitrogens with one attached hydrogen (secondary N) is 1. The quantitative estimate of drug-likeness (QED) is 0.653. The summed E-state index contributed by atoms with van der Waals surface area (Å²) in [6.45, 7) is 0.784. The minimum Gasteiger partial charge on any atom is -0.493 e. The van der Waals surface area contributed by atoms with Crippen LogP contribution in [-0.2, 0) is 6.42 Å². The number of pyridine rings is 1. The normalized spacial score (nSPS) is 18.6. The highest BCUT2D eigenvalue weighted by Crippen LogP contribution is 2.36. The highest BCUT2D eigenvalue weighted by atomic mass is 16.5. The molecular weight excluding hydrogens is 262 g/mol. The highest BCUT2D eigenvalue weighted by Gasteiger charge is 2.24. The third-order valence-corrected chi connectivity index (χ3v) is 4.09. The van der Waals surface area contributed by atoms with Crippen LogP contribution in [0, 0.1) is 0 Å². The molecule has 0 saturated heterocycles. The summed E-state index contributed by atoms with van der Waals surface area (Å²) in [6.07, 6.45) is 6.64. The van der Waals surface area contributed by atoms with E-state index in [1.807, 2.05) is 24.4 Å². The largest absolute Gasteiger partial charge is 0.493 e. The van der Waals surface area contributed by atoms with Crippen LogP contribution in [0.5, 0.6) is 5.75 Å². The zero-order valence-electron chi connectivity index (χ0n) is 12.0. The van der Waals surface area contributed by atoms with Gasteiger partial charge in [-0.25, -0.2) is 0 Å². The van der Waals surface area contributed by atoms with Crippen LogP contribution in [0.2, 0.25) is 0 Å². The van der Waals surface area contributed by atoms with Crippen molar-refractivity contribution < 1.29 is 4.74 Å². The number of hydrazine groups is 1. The van der Waals surface area contributed by atoms with E-state index in [4.69, 9.17) is 10.6 Å². The van der Waals surface area contributed by atoms with Crippen LogP contribution in [0.15, 0.2) is 48.8 Å². The number of aromatic nitrogens is 1. The Bertz CT molecular complexity index is 573. The molecule has 1 aromatic carbocycles. The van der Waals surface area contributed by atoms with Gasteiger partial charge in [-0.3, -0.25) is 16.3 Å². The Balaban J connectivity index is 1.70. The average molecular weight is 283 g/mol. The molecule has 21 heavy (non-hydrogen) atoms. The Labute approximate surface area is 125 Å². The fourth-order valence-electron chi connectivity index (χ4n) is 3.02. The van der Waals surface area contributed by atoms with Crippen molar-refractivity contribution in [2.24, 2.45) is 5.84 Å². The predicted molar refractivity (Wildman–Crippen MR) is 83.0 cm³/mol. The molecule has 0 saturated carbocycles. The van der Waals surface area contributed by atoms with Crippen LogP contribution in [0.1, 0.15) is 29.9 Å². The first-order chi connectivity index (χ1) is 10.4. The lowest BCUT2D eigenvalue weighted by molar-refractivity contribution is 0.254. The third-order valence-electron chi connectivity index (χ3n) is 4.09. The number of hydrogen-bond donors (Lipinski definition) is 2. The second kappa shape index (κ2) is 6.70. The van der Waals surface area contributed by atoms with Gasteiger partial charge < -0.3 is 4.74 Å². The first-order valence-electron chi connectivity index (χ1n) is 7.43. The molecule has 4 nitrogen and oxygen atoms in total. The molecule has 4 heteroatoms. The molecule has 0 aliphatic carbocycles. The Hall–Kier alpha value is -1.91. The number of para-hydroxylation sites is 1. The lowest BCUT2D eigenvalue weighted by Gasteiger charge is -2.29. The van der Waals surface area contributed by atoms with Gasteiger partial charge in [-0.15, -0.1) is 0 Å². The average Bonchev–Trinajstić information content (AvgIpc) is 2.55. The van der Waals surface area contributed by atoms with Crippen molar-refractivity contribution >= 4 is 0 Å². The molecule has 2 heterocycles.